The lowest BCUT2D eigenvalue weighted by molar-refractivity contribution is 0.857. The lowest BCUT2D eigenvalue weighted by Crippen LogP contribution is -2.32. The van der Waals surface area contributed by atoms with Crippen molar-refractivity contribution in [1.82, 2.24) is 0 Å². The molecule has 1 heterocycles. The van der Waals surface area contributed by atoms with E-state index in [4.69, 9.17) is 16.9 Å². The highest BCUT2D eigenvalue weighted by Crippen LogP contribution is 2.26. The van der Waals surface area contributed by atoms with Crippen LogP contribution in [0.5, 0.6) is 0 Å². The van der Waals surface area contributed by atoms with Crippen molar-refractivity contribution >= 4 is 29.1 Å². The molecule has 0 N–H and O–H groups in total. The van der Waals surface area contributed by atoms with Crippen LogP contribution >= 0.6 is 23.4 Å². The van der Waals surface area contributed by atoms with E-state index in [9.17, 15) is 0 Å². The molecule has 0 radical (unpaired) electrons. The van der Waals surface area contributed by atoms with Gasteiger partial charge in [-0.3, -0.25) is 0 Å². The van der Waals surface area contributed by atoms with E-state index < -0.39 is 0 Å². The summed E-state index contributed by atoms with van der Waals surface area (Å²) in [6.45, 7) is 2.00. The van der Waals surface area contributed by atoms with Crippen LogP contribution in [0, 0.1) is 11.3 Å². The highest BCUT2D eigenvalue weighted by Gasteiger charge is 2.14. The van der Waals surface area contributed by atoms with Crippen LogP contribution in [0.1, 0.15) is 5.56 Å². The Hall–Kier alpha value is -0.850. The molecule has 1 aromatic rings. The molecule has 1 fully saturated rings. The molecule has 78 valence electrons. The standard InChI is InChI=1S/C11H11ClN2S/c12-10-2-1-9(8-13)11(7-10)14-3-5-15-6-4-14/h1-2,7H,3-6H2. The summed E-state index contributed by atoms with van der Waals surface area (Å²) in [6, 6.07) is 7.66. The average Bonchev–Trinajstić information content (AvgIpc) is 2.30. The number of halogens is 1. The zero-order chi connectivity index (χ0) is 10.7. The van der Waals surface area contributed by atoms with Gasteiger partial charge >= 0.3 is 0 Å². The maximum atomic E-state index is 9.02. The Morgan fingerprint density at radius 3 is 2.73 bits per heavy atom. The number of rotatable bonds is 1. The minimum atomic E-state index is 0.697. The van der Waals surface area contributed by atoms with Crippen LogP contribution < -0.4 is 4.90 Å². The van der Waals surface area contributed by atoms with Gasteiger partial charge in [-0.1, -0.05) is 11.6 Å². The van der Waals surface area contributed by atoms with Crippen LogP contribution in [-0.2, 0) is 0 Å². The van der Waals surface area contributed by atoms with Gasteiger partial charge in [-0.05, 0) is 18.2 Å². The topological polar surface area (TPSA) is 27.0 Å². The normalized spacial score (nSPS) is 16.1. The molecule has 0 spiro atoms. The molecule has 4 heteroatoms. The lowest BCUT2D eigenvalue weighted by Gasteiger charge is -2.29. The molecular formula is C11H11ClN2S. The predicted octanol–water partition coefficient (Wildman–Crippen LogP) is 2.76. The molecule has 0 unspecified atom stereocenters. The molecule has 1 aromatic carbocycles. The van der Waals surface area contributed by atoms with E-state index in [1.807, 2.05) is 17.8 Å². The van der Waals surface area contributed by atoms with Crippen LogP contribution in [0.25, 0.3) is 0 Å². The van der Waals surface area contributed by atoms with E-state index in [-0.39, 0.29) is 0 Å². The number of nitrogens with zero attached hydrogens (tertiary/aromatic N) is 2. The first-order valence-electron chi connectivity index (χ1n) is 4.83. The van der Waals surface area contributed by atoms with Crippen molar-refractivity contribution in [3.8, 4) is 6.07 Å². The van der Waals surface area contributed by atoms with E-state index in [0.29, 0.717) is 10.6 Å². The second-order valence-electron chi connectivity index (χ2n) is 3.37. The molecule has 1 aliphatic rings. The van der Waals surface area contributed by atoms with Gasteiger partial charge in [0.2, 0.25) is 0 Å². The Balaban J connectivity index is 2.32. The first-order valence-corrected chi connectivity index (χ1v) is 6.37. The van der Waals surface area contributed by atoms with Gasteiger partial charge in [-0.15, -0.1) is 0 Å². The summed E-state index contributed by atoms with van der Waals surface area (Å²) >= 11 is 7.91. The third-order valence-corrected chi connectivity index (χ3v) is 3.61. The largest absolute Gasteiger partial charge is 0.369 e. The summed E-state index contributed by atoms with van der Waals surface area (Å²) in [5.41, 5.74) is 1.69. The van der Waals surface area contributed by atoms with Crippen LogP contribution in [0.2, 0.25) is 5.02 Å². The van der Waals surface area contributed by atoms with Crippen LogP contribution in [0.4, 0.5) is 5.69 Å². The van der Waals surface area contributed by atoms with Gasteiger partial charge in [-0.2, -0.15) is 17.0 Å². The summed E-state index contributed by atoms with van der Waals surface area (Å²) in [5, 5.41) is 9.71. The Morgan fingerprint density at radius 1 is 1.33 bits per heavy atom. The Labute approximate surface area is 98.8 Å². The molecule has 0 aliphatic carbocycles. The maximum Gasteiger partial charge on any atom is 0.101 e. The van der Waals surface area contributed by atoms with E-state index >= 15 is 0 Å². The average molecular weight is 239 g/mol. The molecule has 2 nitrogen and oxygen atoms in total. The van der Waals surface area contributed by atoms with Crippen molar-refractivity contribution in [2.75, 3.05) is 29.5 Å². The first kappa shape index (κ1) is 10.7. The molecule has 1 aliphatic heterocycles. The van der Waals surface area contributed by atoms with Crippen LogP contribution in [-0.4, -0.2) is 24.6 Å². The van der Waals surface area contributed by atoms with E-state index in [0.717, 1.165) is 30.3 Å². The number of hydrogen-bond acceptors (Lipinski definition) is 3. The van der Waals surface area contributed by atoms with Gasteiger partial charge in [0, 0.05) is 29.6 Å². The fourth-order valence-electron chi connectivity index (χ4n) is 1.67. The van der Waals surface area contributed by atoms with E-state index in [2.05, 4.69) is 11.0 Å². The van der Waals surface area contributed by atoms with Gasteiger partial charge in [0.1, 0.15) is 6.07 Å². The number of hydrogen-bond donors (Lipinski definition) is 0. The lowest BCUT2D eigenvalue weighted by atomic mass is 10.1. The summed E-state index contributed by atoms with van der Waals surface area (Å²) in [4.78, 5) is 2.24. The van der Waals surface area contributed by atoms with Gasteiger partial charge in [-0.25, -0.2) is 0 Å². The number of nitriles is 1. The smallest absolute Gasteiger partial charge is 0.101 e. The third kappa shape index (κ3) is 2.39. The van der Waals surface area contributed by atoms with Gasteiger partial charge in [0.15, 0.2) is 0 Å². The SMILES string of the molecule is N#Cc1ccc(Cl)cc1N1CCSCC1. The van der Waals surface area contributed by atoms with Gasteiger partial charge < -0.3 is 4.90 Å². The monoisotopic (exact) mass is 238 g/mol. The van der Waals surface area contributed by atoms with Crippen molar-refractivity contribution in [3.63, 3.8) is 0 Å². The van der Waals surface area contributed by atoms with E-state index in [1.165, 1.54) is 0 Å². The minimum Gasteiger partial charge on any atom is -0.369 e. The highest BCUT2D eigenvalue weighted by atomic mass is 35.5. The second-order valence-corrected chi connectivity index (χ2v) is 5.03. The fourth-order valence-corrected chi connectivity index (χ4v) is 2.73. The Morgan fingerprint density at radius 2 is 2.07 bits per heavy atom. The number of benzene rings is 1. The van der Waals surface area contributed by atoms with Crippen molar-refractivity contribution in [2.24, 2.45) is 0 Å². The molecular weight excluding hydrogens is 228 g/mol. The first-order chi connectivity index (χ1) is 7.31. The summed E-state index contributed by atoms with van der Waals surface area (Å²) in [6.07, 6.45) is 0. The van der Waals surface area contributed by atoms with Crippen LogP contribution in [0.3, 0.4) is 0 Å². The molecule has 15 heavy (non-hydrogen) atoms. The zero-order valence-electron chi connectivity index (χ0n) is 8.24. The Bertz CT molecular complexity index is 394. The van der Waals surface area contributed by atoms with E-state index in [1.54, 1.807) is 12.1 Å². The number of thioether (sulfide) groups is 1. The van der Waals surface area contributed by atoms with Crippen molar-refractivity contribution < 1.29 is 0 Å². The second kappa shape index (κ2) is 4.78. The molecule has 0 atom stereocenters. The van der Waals surface area contributed by atoms with Gasteiger partial charge in [0.05, 0.1) is 11.3 Å². The minimum absolute atomic E-state index is 0.697. The number of anilines is 1. The Kier molecular flexibility index (Phi) is 3.40. The highest BCUT2D eigenvalue weighted by molar-refractivity contribution is 7.99. The molecule has 1 saturated heterocycles. The maximum absolute atomic E-state index is 9.02. The molecule has 2 rings (SSSR count). The summed E-state index contributed by atoms with van der Waals surface area (Å²) in [7, 11) is 0. The van der Waals surface area contributed by atoms with Crippen LogP contribution in [0.15, 0.2) is 18.2 Å². The molecule has 0 bridgehead atoms. The summed E-state index contributed by atoms with van der Waals surface area (Å²) in [5.74, 6) is 2.24. The van der Waals surface area contributed by atoms with Crippen molar-refractivity contribution in [2.45, 2.75) is 0 Å². The fraction of sp³-hybridized carbons (Fsp3) is 0.364. The van der Waals surface area contributed by atoms with Gasteiger partial charge in [0.25, 0.3) is 0 Å². The van der Waals surface area contributed by atoms with Crippen molar-refractivity contribution in [1.29, 1.82) is 5.26 Å². The zero-order valence-corrected chi connectivity index (χ0v) is 9.81. The summed E-state index contributed by atoms with van der Waals surface area (Å²) < 4.78 is 0. The quantitative estimate of drug-likeness (QED) is 0.753. The third-order valence-electron chi connectivity index (χ3n) is 2.43. The predicted molar refractivity (Wildman–Crippen MR) is 65.7 cm³/mol. The molecule has 0 amide bonds. The molecule has 0 saturated carbocycles. The molecule has 0 aromatic heterocycles. The van der Waals surface area contributed by atoms with Crippen molar-refractivity contribution in [3.05, 3.63) is 28.8 Å².